The maximum Gasteiger partial charge on any atom is 0.271 e. The lowest BCUT2D eigenvalue weighted by atomic mass is 10.1. The molecule has 1 aromatic heterocycles. The van der Waals surface area contributed by atoms with Gasteiger partial charge in [0.25, 0.3) is 5.56 Å². The van der Waals surface area contributed by atoms with Gasteiger partial charge in [-0.15, -0.1) is 0 Å². The molecule has 24 heavy (non-hydrogen) atoms. The minimum Gasteiger partial charge on any atom is -0.393 e. The van der Waals surface area contributed by atoms with E-state index < -0.39 is 5.56 Å². The maximum atomic E-state index is 13.3. The van der Waals surface area contributed by atoms with Crippen molar-refractivity contribution in [2.75, 3.05) is 18.0 Å². The van der Waals surface area contributed by atoms with Crippen molar-refractivity contribution in [3.05, 3.63) is 57.4 Å². The summed E-state index contributed by atoms with van der Waals surface area (Å²) in [6.07, 6.45) is 1.04. The number of aliphatic hydroxyl groups excluding tert-OH is 1. The van der Waals surface area contributed by atoms with Gasteiger partial charge < -0.3 is 15.0 Å². The molecule has 6 nitrogen and oxygen atoms in total. The molecule has 0 atom stereocenters. The molecule has 0 saturated carbocycles. The Kier molecular flexibility index (Phi) is 4.58. The zero-order valence-electron chi connectivity index (χ0n) is 13.0. The lowest BCUT2D eigenvalue weighted by Gasteiger charge is -2.31. The number of anilines is 1. The first-order valence-electron chi connectivity index (χ1n) is 7.77. The van der Waals surface area contributed by atoms with Crippen LogP contribution in [0.2, 0.25) is 0 Å². The molecule has 0 bridgehead atoms. The summed E-state index contributed by atoms with van der Waals surface area (Å²) in [6, 6.07) is 7.98. The van der Waals surface area contributed by atoms with Crippen LogP contribution in [0.4, 0.5) is 10.2 Å². The summed E-state index contributed by atoms with van der Waals surface area (Å²) in [5.74, 6) is 0.360. The Bertz CT molecular complexity index is 835. The second-order valence-corrected chi connectivity index (χ2v) is 5.85. The van der Waals surface area contributed by atoms with Crippen LogP contribution in [0.5, 0.6) is 0 Å². The standard InChI is InChI=1S/C17H17FN4O2/c18-12-3-1-2-11(8-12)9-15-20-16(14(10-19)17(24)21-15)22-6-4-13(23)5-7-22/h1-3,8,13,23H,4-7,9H2,(H,20,21,24). The Morgan fingerprint density at radius 3 is 2.83 bits per heavy atom. The van der Waals surface area contributed by atoms with E-state index in [1.807, 2.05) is 11.0 Å². The van der Waals surface area contributed by atoms with Gasteiger partial charge in [-0.25, -0.2) is 9.37 Å². The molecular formula is C17H17FN4O2. The monoisotopic (exact) mass is 328 g/mol. The number of nitriles is 1. The van der Waals surface area contributed by atoms with Gasteiger partial charge >= 0.3 is 0 Å². The topological polar surface area (TPSA) is 93.0 Å². The minimum atomic E-state index is -0.500. The number of halogens is 1. The normalized spacial score (nSPS) is 15.3. The Hall–Kier alpha value is -2.72. The molecule has 124 valence electrons. The first-order chi connectivity index (χ1) is 11.6. The third-order valence-electron chi connectivity index (χ3n) is 4.09. The molecule has 1 aliphatic rings. The molecule has 2 aromatic rings. The fourth-order valence-corrected chi connectivity index (χ4v) is 2.84. The van der Waals surface area contributed by atoms with Crippen molar-refractivity contribution in [1.82, 2.24) is 9.97 Å². The van der Waals surface area contributed by atoms with E-state index >= 15 is 0 Å². The Morgan fingerprint density at radius 2 is 2.17 bits per heavy atom. The smallest absolute Gasteiger partial charge is 0.271 e. The number of nitrogens with zero attached hydrogens (tertiary/aromatic N) is 3. The van der Waals surface area contributed by atoms with E-state index in [1.54, 1.807) is 12.1 Å². The fourth-order valence-electron chi connectivity index (χ4n) is 2.84. The van der Waals surface area contributed by atoms with Crippen molar-refractivity contribution < 1.29 is 9.50 Å². The summed E-state index contributed by atoms with van der Waals surface area (Å²) in [5, 5.41) is 18.9. The molecular weight excluding hydrogens is 311 g/mol. The summed E-state index contributed by atoms with van der Waals surface area (Å²) in [4.78, 5) is 21.0. The number of aliphatic hydroxyl groups is 1. The van der Waals surface area contributed by atoms with Crippen molar-refractivity contribution in [1.29, 1.82) is 5.26 Å². The minimum absolute atomic E-state index is 0.0330. The summed E-state index contributed by atoms with van der Waals surface area (Å²) in [7, 11) is 0. The van der Waals surface area contributed by atoms with Crippen molar-refractivity contribution in [2.24, 2.45) is 0 Å². The molecule has 3 rings (SSSR count). The zero-order chi connectivity index (χ0) is 17.1. The number of aromatic nitrogens is 2. The molecule has 1 saturated heterocycles. The lowest BCUT2D eigenvalue weighted by molar-refractivity contribution is 0.145. The molecule has 2 N–H and O–H groups in total. The van der Waals surface area contributed by atoms with Crippen molar-refractivity contribution in [3.8, 4) is 6.07 Å². The number of hydrogen-bond donors (Lipinski definition) is 2. The number of rotatable bonds is 3. The molecule has 2 heterocycles. The van der Waals surface area contributed by atoms with Gasteiger partial charge in [0, 0.05) is 19.5 Å². The SMILES string of the molecule is N#Cc1c(N2CCC(O)CC2)nc(Cc2cccc(F)c2)[nH]c1=O. The van der Waals surface area contributed by atoms with Gasteiger partial charge in [-0.05, 0) is 30.5 Å². The van der Waals surface area contributed by atoms with Crippen LogP contribution in [0.25, 0.3) is 0 Å². The fraction of sp³-hybridized carbons (Fsp3) is 0.353. The van der Waals surface area contributed by atoms with Gasteiger partial charge in [-0.3, -0.25) is 4.79 Å². The highest BCUT2D eigenvalue weighted by atomic mass is 19.1. The third kappa shape index (κ3) is 3.44. The van der Waals surface area contributed by atoms with Gasteiger partial charge in [-0.2, -0.15) is 5.26 Å². The molecule has 1 aliphatic heterocycles. The van der Waals surface area contributed by atoms with Crippen LogP contribution in [0.1, 0.15) is 29.8 Å². The molecule has 7 heteroatoms. The molecule has 0 aliphatic carbocycles. The molecule has 1 fully saturated rings. The number of hydrogen-bond acceptors (Lipinski definition) is 5. The van der Waals surface area contributed by atoms with E-state index in [9.17, 15) is 19.6 Å². The molecule has 0 spiro atoms. The second kappa shape index (κ2) is 6.81. The lowest BCUT2D eigenvalue weighted by Crippen LogP contribution is -2.38. The van der Waals surface area contributed by atoms with Crippen LogP contribution in [-0.4, -0.2) is 34.3 Å². The number of piperidine rings is 1. The highest BCUT2D eigenvalue weighted by Gasteiger charge is 2.23. The van der Waals surface area contributed by atoms with Crippen LogP contribution in [0.15, 0.2) is 29.1 Å². The predicted molar refractivity (Wildman–Crippen MR) is 86.2 cm³/mol. The Balaban J connectivity index is 1.94. The van der Waals surface area contributed by atoms with E-state index in [1.165, 1.54) is 12.1 Å². The van der Waals surface area contributed by atoms with Crippen molar-refractivity contribution >= 4 is 5.82 Å². The summed E-state index contributed by atoms with van der Waals surface area (Å²) >= 11 is 0. The zero-order valence-corrected chi connectivity index (χ0v) is 13.0. The van der Waals surface area contributed by atoms with E-state index in [-0.39, 0.29) is 23.9 Å². The molecule has 0 unspecified atom stereocenters. The number of H-pyrrole nitrogens is 1. The van der Waals surface area contributed by atoms with E-state index in [0.29, 0.717) is 43.1 Å². The first-order valence-corrected chi connectivity index (χ1v) is 7.77. The average molecular weight is 328 g/mol. The van der Waals surface area contributed by atoms with E-state index in [2.05, 4.69) is 9.97 Å². The largest absolute Gasteiger partial charge is 0.393 e. The van der Waals surface area contributed by atoms with E-state index in [0.717, 1.165) is 0 Å². The first kappa shape index (κ1) is 16.1. The molecule has 1 aromatic carbocycles. The van der Waals surface area contributed by atoms with Crippen LogP contribution >= 0.6 is 0 Å². The summed E-state index contributed by atoms with van der Waals surface area (Å²) in [6.45, 7) is 1.07. The number of benzene rings is 1. The molecule has 0 amide bonds. The predicted octanol–water partition coefficient (Wildman–Crippen LogP) is 1.33. The van der Waals surface area contributed by atoms with Crippen LogP contribution in [0.3, 0.4) is 0 Å². The third-order valence-corrected chi connectivity index (χ3v) is 4.09. The van der Waals surface area contributed by atoms with Gasteiger partial charge in [0.05, 0.1) is 6.10 Å². The van der Waals surface area contributed by atoms with Gasteiger partial charge in [-0.1, -0.05) is 12.1 Å². The van der Waals surface area contributed by atoms with Crippen LogP contribution in [0, 0.1) is 17.1 Å². The van der Waals surface area contributed by atoms with Crippen molar-refractivity contribution in [2.45, 2.75) is 25.4 Å². The number of nitrogens with one attached hydrogen (secondary N) is 1. The summed E-state index contributed by atoms with van der Waals surface area (Å²) in [5.41, 5.74) is 0.150. The van der Waals surface area contributed by atoms with Gasteiger partial charge in [0.15, 0.2) is 11.4 Å². The van der Waals surface area contributed by atoms with Gasteiger partial charge in [0.2, 0.25) is 0 Å². The highest BCUT2D eigenvalue weighted by molar-refractivity contribution is 5.53. The van der Waals surface area contributed by atoms with Crippen LogP contribution < -0.4 is 10.5 Å². The summed E-state index contributed by atoms with van der Waals surface area (Å²) < 4.78 is 13.3. The van der Waals surface area contributed by atoms with E-state index in [4.69, 9.17) is 0 Å². The van der Waals surface area contributed by atoms with Crippen LogP contribution in [-0.2, 0) is 6.42 Å². The second-order valence-electron chi connectivity index (χ2n) is 5.85. The Morgan fingerprint density at radius 1 is 1.42 bits per heavy atom. The average Bonchev–Trinajstić information content (AvgIpc) is 2.55. The quantitative estimate of drug-likeness (QED) is 0.887. The van der Waals surface area contributed by atoms with Gasteiger partial charge in [0.1, 0.15) is 17.7 Å². The highest BCUT2D eigenvalue weighted by Crippen LogP contribution is 2.20. The molecule has 0 radical (unpaired) electrons. The Labute approximate surface area is 138 Å². The maximum absolute atomic E-state index is 13.3. The number of aromatic amines is 1. The van der Waals surface area contributed by atoms with Crippen molar-refractivity contribution in [3.63, 3.8) is 0 Å².